The minimum Gasteiger partial charge on any atom is -0.497 e. The number of hydrogen-bond donors (Lipinski definition) is 2. The van der Waals surface area contributed by atoms with Crippen molar-refractivity contribution in [3.05, 3.63) is 54.1 Å². The molecule has 0 saturated heterocycles. The number of nitrogen functional groups attached to an aromatic ring is 1. The van der Waals surface area contributed by atoms with Crippen LogP contribution in [0.25, 0.3) is 0 Å². The van der Waals surface area contributed by atoms with Crippen LogP contribution in [0, 0.1) is 0 Å². The lowest BCUT2D eigenvalue weighted by Gasteiger charge is -2.09. The summed E-state index contributed by atoms with van der Waals surface area (Å²) in [5.41, 5.74) is 7.57. The molecule has 0 spiro atoms. The van der Waals surface area contributed by atoms with Crippen molar-refractivity contribution in [3.8, 4) is 11.5 Å². The van der Waals surface area contributed by atoms with Crippen molar-refractivity contribution in [1.29, 1.82) is 0 Å². The molecule has 0 heterocycles. The average Bonchev–Trinajstić information content (AvgIpc) is 2.61. The van der Waals surface area contributed by atoms with Crippen LogP contribution in [0.2, 0.25) is 0 Å². The van der Waals surface area contributed by atoms with E-state index in [0.717, 1.165) is 12.2 Å². The maximum atomic E-state index is 11.8. The van der Waals surface area contributed by atoms with Gasteiger partial charge in [0.1, 0.15) is 11.5 Å². The molecule has 0 radical (unpaired) electrons. The van der Waals surface area contributed by atoms with Crippen LogP contribution in [0.15, 0.2) is 48.5 Å². The molecule has 0 bridgehead atoms. The third kappa shape index (κ3) is 5.83. The summed E-state index contributed by atoms with van der Waals surface area (Å²) in [6.45, 7) is 1.10. The number of hydrogen-bond acceptors (Lipinski definition) is 4. The number of anilines is 1. The Balaban J connectivity index is 1.58. The van der Waals surface area contributed by atoms with Gasteiger partial charge in [-0.2, -0.15) is 0 Å². The fourth-order valence-electron chi connectivity index (χ4n) is 2.25. The number of nitrogens with two attached hydrogens (primary N) is 1. The highest BCUT2D eigenvalue weighted by atomic mass is 16.5. The van der Waals surface area contributed by atoms with Gasteiger partial charge in [0.05, 0.1) is 19.4 Å². The quantitative estimate of drug-likeness (QED) is 0.548. The summed E-state index contributed by atoms with van der Waals surface area (Å²) in [4.78, 5) is 11.8. The molecule has 0 saturated carbocycles. The first-order chi connectivity index (χ1) is 11.7. The minimum atomic E-state index is 0.0353. The Bertz CT molecular complexity index is 641. The van der Waals surface area contributed by atoms with Crippen molar-refractivity contribution >= 4 is 11.6 Å². The number of carbonyl (C=O) groups excluding carboxylic acids is 1. The lowest BCUT2D eigenvalue weighted by Crippen LogP contribution is -2.25. The average molecular weight is 328 g/mol. The molecule has 0 aliphatic heterocycles. The fraction of sp³-hybridized carbons (Fsp3) is 0.316. The molecule has 0 aromatic heterocycles. The SMILES string of the molecule is COc1ccc(CCNC(=O)CCCOc2ccccc2N)cc1. The van der Waals surface area contributed by atoms with Gasteiger partial charge in [-0.25, -0.2) is 0 Å². The molecule has 0 unspecified atom stereocenters. The van der Waals surface area contributed by atoms with E-state index in [0.29, 0.717) is 37.4 Å². The van der Waals surface area contributed by atoms with Gasteiger partial charge in [-0.15, -0.1) is 0 Å². The Labute approximate surface area is 142 Å². The van der Waals surface area contributed by atoms with Crippen molar-refractivity contribution in [2.45, 2.75) is 19.3 Å². The largest absolute Gasteiger partial charge is 0.497 e. The van der Waals surface area contributed by atoms with Gasteiger partial charge in [-0.3, -0.25) is 4.79 Å². The van der Waals surface area contributed by atoms with Crippen LogP contribution in [0.5, 0.6) is 11.5 Å². The molecule has 2 rings (SSSR count). The third-order valence-electron chi connectivity index (χ3n) is 3.62. The second-order valence-corrected chi connectivity index (χ2v) is 5.44. The Morgan fingerprint density at radius 1 is 1.12 bits per heavy atom. The molecule has 5 nitrogen and oxygen atoms in total. The van der Waals surface area contributed by atoms with E-state index < -0.39 is 0 Å². The number of nitrogens with one attached hydrogen (secondary N) is 1. The summed E-state index contributed by atoms with van der Waals surface area (Å²) in [6, 6.07) is 15.2. The summed E-state index contributed by atoms with van der Waals surface area (Å²) in [5.74, 6) is 1.53. The number of ether oxygens (including phenoxy) is 2. The molecule has 1 amide bonds. The van der Waals surface area contributed by atoms with Crippen LogP contribution in [-0.2, 0) is 11.2 Å². The molecule has 0 aliphatic carbocycles. The van der Waals surface area contributed by atoms with E-state index >= 15 is 0 Å². The maximum Gasteiger partial charge on any atom is 0.220 e. The lowest BCUT2D eigenvalue weighted by molar-refractivity contribution is -0.121. The number of carbonyl (C=O) groups is 1. The first-order valence-electron chi connectivity index (χ1n) is 8.06. The molecule has 128 valence electrons. The summed E-state index contributed by atoms with van der Waals surface area (Å²) in [7, 11) is 1.64. The molecule has 24 heavy (non-hydrogen) atoms. The highest BCUT2D eigenvalue weighted by molar-refractivity contribution is 5.75. The second kappa shape index (κ2) is 9.45. The van der Waals surface area contributed by atoms with E-state index in [1.165, 1.54) is 5.56 Å². The summed E-state index contributed by atoms with van der Waals surface area (Å²) in [5, 5.41) is 2.92. The smallest absolute Gasteiger partial charge is 0.220 e. The minimum absolute atomic E-state index is 0.0353. The Hall–Kier alpha value is -2.69. The van der Waals surface area contributed by atoms with Crippen molar-refractivity contribution < 1.29 is 14.3 Å². The molecular weight excluding hydrogens is 304 g/mol. The number of rotatable bonds is 9. The summed E-state index contributed by atoms with van der Waals surface area (Å²) < 4.78 is 10.7. The van der Waals surface area contributed by atoms with Crippen LogP contribution in [0.1, 0.15) is 18.4 Å². The van der Waals surface area contributed by atoms with E-state index in [9.17, 15) is 4.79 Å². The van der Waals surface area contributed by atoms with E-state index in [-0.39, 0.29) is 5.91 Å². The zero-order valence-corrected chi connectivity index (χ0v) is 14.0. The lowest BCUT2D eigenvalue weighted by atomic mass is 10.1. The van der Waals surface area contributed by atoms with Gasteiger partial charge in [-0.05, 0) is 42.7 Å². The highest BCUT2D eigenvalue weighted by Gasteiger charge is 2.03. The second-order valence-electron chi connectivity index (χ2n) is 5.44. The molecule has 3 N–H and O–H groups in total. The number of para-hydroxylation sites is 2. The first kappa shape index (κ1) is 17.7. The van der Waals surface area contributed by atoms with E-state index in [1.807, 2.05) is 42.5 Å². The summed E-state index contributed by atoms with van der Waals surface area (Å²) in [6.07, 6.45) is 1.89. The van der Waals surface area contributed by atoms with Gasteiger partial charge in [0.2, 0.25) is 5.91 Å². The van der Waals surface area contributed by atoms with Gasteiger partial charge in [-0.1, -0.05) is 24.3 Å². The highest BCUT2D eigenvalue weighted by Crippen LogP contribution is 2.19. The van der Waals surface area contributed by atoms with Crippen molar-refractivity contribution in [2.75, 3.05) is 26.0 Å². The van der Waals surface area contributed by atoms with Crippen molar-refractivity contribution in [2.24, 2.45) is 0 Å². The Kier molecular flexibility index (Phi) is 6.95. The molecule has 0 atom stereocenters. The normalized spacial score (nSPS) is 10.2. The standard InChI is InChI=1S/C19H24N2O3/c1-23-16-10-8-15(9-11-16)12-13-21-19(22)7-4-14-24-18-6-3-2-5-17(18)20/h2-3,5-6,8-11H,4,7,12-14,20H2,1H3,(H,21,22). The zero-order chi connectivity index (χ0) is 17.2. The monoisotopic (exact) mass is 328 g/mol. The van der Waals surface area contributed by atoms with Gasteiger partial charge in [0.25, 0.3) is 0 Å². The number of methoxy groups -OCH3 is 1. The molecule has 0 aliphatic rings. The topological polar surface area (TPSA) is 73.6 Å². The van der Waals surface area contributed by atoms with Gasteiger partial charge in [0, 0.05) is 13.0 Å². The predicted octanol–water partition coefficient (Wildman–Crippen LogP) is 2.80. The summed E-state index contributed by atoms with van der Waals surface area (Å²) >= 11 is 0. The predicted molar refractivity (Wildman–Crippen MR) is 95.3 cm³/mol. The van der Waals surface area contributed by atoms with Crippen LogP contribution >= 0.6 is 0 Å². The number of amides is 1. The first-order valence-corrected chi connectivity index (χ1v) is 8.06. The van der Waals surface area contributed by atoms with Gasteiger partial charge >= 0.3 is 0 Å². The molecular formula is C19H24N2O3. The molecule has 2 aromatic rings. The van der Waals surface area contributed by atoms with Crippen LogP contribution in [0.4, 0.5) is 5.69 Å². The van der Waals surface area contributed by atoms with Gasteiger partial charge < -0.3 is 20.5 Å². The molecule has 5 heteroatoms. The fourth-order valence-corrected chi connectivity index (χ4v) is 2.25. The Morgan fingerprint density at radius 3 is 2.58 bits per heavy atom. The zero-order valence-electron chi connectivity index (χ0n) is 14.0. The van der Waals surface area contributed by atoms with E-state index in [4.69, 9.17) is 15.2 Å². The Morgan fingerprint density at radius 2 is 1.88 bits per heavy atom. The van der Waals surface area contributed by atoms with Crippen LogP contribution in [-0.4, -0.2) is 26.2 Å². The van der Waals surface area contributed by atoms with E-state index in [1.54, 1.807) is 13.2 Å². The maximum absolute atomic E-state index is 11.8. The van der Waals surface area contributed by atoms with Crippen molar-refractivity contribution in [1.82, 2.24) is 5.32 Å². The molecule has 2 aromatic carbocycles. The number of benzene rings is 2. The van der Waals surface area contributed by atoms with Crippen molar-refractivity contribution in [3.63, 3.8) is 0 Å². The van der Waals surface area contributed by atoms with E-state index in [2.05, 4.69) is 5.32 Å². The van der Waals surface area contributed by atoms with Crippen LogP contribution in [0.3, 0.4) is 0 Å². The third-order valence-corrected chi connectivity index (χ3v) is 3.62. The van der Waals surface area contributed by atoms with Gasteiger partial charge in [0.15, 0.2) is 0 Å². The molecule has 0 fully saturated rings. The van der Waals surface area contributed by atoms with Crippen LogP contribution < -0.4 is 20.5 Å².